The molecule has 0 saturated heterocycles. The van der Waals surface area contributed by atoms with Crippen LogP contribution < -0.4 is 0 Å². The monoisotopic (exact) mass is 85.0 g/mol. The van der Waals surface area contributed by atoms with Crippen LogP contribution >= 0.6 is 0 Å². The molecule has 0 N–H and O–H groups in total. The molecule has 0 aromatic carbocycles. The van der Waals surface area contributed by atoms with Gasteiger partial charge in [0, 0.05) is 6.92 Å². The summed E-state index contributed by atoms with van der Waals surface area (Å²) in [5.41, 5.74) is 0. The van der Waals surface area contributed by atoms with Crippen LogP contribution in [0, 0.1) is 22.1 Å². The zero-order chi connectivity index (χ0) is 4.99. The lowest BCUT2D eigenvalue weighted by Crippen LogP contribution is -1.80. The van der Waals surface area contributed by atoms with E-state index in [-0.39, 0.29) is 0 Å². The lowest BCUT2D eigenvalue weighted by Gasteiger charge is -1.62. The van der Waals surface area contributed by atoms with Gasteiger partial charge in [0.25, 0.3) is 6.04 Å². The van der Waals surface area contributed by atoms with Crippen LogP contribution in [0.5, 0.6) is 0 Å². The van der Waals surface area contributed by atoms with E-state index in [0.29, 0.717) is 0 Å². The molecule has 0 aromatic heterocycles. The van der Waals surface area contributed by atoms with Crippen molar-refractivity contribution in [2.24, 2.45) is 0 Å². The van der Waals surface area contributed by atoms with Crippen LogP contribution in [0.1, 0.15) is 6.92 Å². The fourth-order valence-electron chi connectivity index (χ4n) is 0.0913. The minimum atomic E-state index is -0.681. The average molecular weight is 85.1 g/mol. The van der Waals surface area contributed by atoms with E-state index in [0.717, 1.165) is 0 Å². The highest BCUT2D eigenvalue weighted by molar-refractivity contribution is 4.83. The maximum absolute atomic E-state index is 9.23. The van der Waals surface area contributed by atoms with E-state index in [2.05, 4.69) is 5.92 Å². The molecule has 0 amide bonds. The van der Waals surface area contributed by atoms with E-state index in [1.807, 2.05) is 0 Å². The third-order valence-electron chi connectivity index (χ3n) is 0.203. The molecule has 0 spiro atoms. The zero-order valence-electron chi connectivity index (χ0n) is 3.26. The molecule has 0 atom stereocenters. The molecule has 0 aromatic rings. The molecule has 0 radical (unpaired) electrons. The Hall–Kier alpha value is -1.04. The molecule has 0 aliphatic heterocycles. The van der Waals surface area contributed by atoms with Crippen molar-refractivity contribution in [1.29, 1.82) is 0 Å². The van der Waals surface area contributed by atoms with Gasteiger partial charge in [-0.25, -0.2) is 10.1 Å². The standard InChI is InChI=1S/C3H3NO2/c1-2-3-4(5)6/h1H3. The number of nitro groups is 1. The first-order chi connectivity index (χ1) is 2.77. The molecule has 3 nitrogen and oxygen atoms in total. The lowest BCUT2D eigenvalue weighted by molar-refractivity contribution is -0.379. The van der Waals surface area contributed by atoms with Crippen molar-refractivity contribution in [2.45, 2.75) is 6.92 Å². The Bertz CT molecular complexity index is 108. The van der Waals surface area contributed by atoms with Gasteiger partial charge in [0.1, 0.15) is 4.92 Å². The number of nitrogens with zero attached hydrogens (tertiary/aromatic N) is 1. The zero-order valence-corrected chi connectivity index (χ0v) is 3.26. The first-order valence-corrected chi connectivity index (χ1v) is 1.34. The fraction of sp³-hybridized carbons (Fsp3) is 0.333. The molecule has 32 valence electrons. The maximum Gasteiger partial charge on any atom is 0.290 e. The topological polar surface area (TPSA) is 43.1 Å². The fourth-order valence-corrected chi connectivity index (χ4v) is 0.0913. The van der Waals surface area contributed by atoms with Crippen molar-refractivity contribution >= 4 is 0 Å². The number of hydrogen-bond acceptors (Lipinski definition) is 2. The summed E-state index contributed by atoms with van der Waals surface area (Å²) in [5.74, 6) is 2.12. The van der Waals surface area contributed by atoms with Gasteiger partial charge in [-0.2, -0.15) is 0 Å². The largest absolute Gasteiger partial charge is 0.290 e. The van der Waals surface area contributed by atoms with Crippen molar-refractivity contribution in [2.75, 3.05) is 0 Å². The summed E-state index contributed by atoms with van der Waals surface area (Å²) in [6, 6.07) is 1.68. The third-order valence-corrected chi connectivity index (χ3v) is 0.203. The Morgan fingerprint density at radius 3 is 2.33 bits per heavy atom. The quantitative estimate of drug-likeness (QED) is 0.183. The van der Waals surface area contributed by atoms with Gasteiger partial charge >= 0.3 is 0 Å². The van der Waals surface area contributed by atoms with Gasteiger partial charge in [0.15, 0.2) is 0 Å². The first-order valence-electron chi connectivity index (χ1n) is 1.34. The van der Waals surface area contributed by atoms with Crippen molar-refractivity contribution < 1.29 is 4.92 Å². The molecular weight excluding hydrogens is 82.0 g/mol. The van der Waals surface area contributed by atoms with E-state index < -0.39 is 4.92 Å². The molecular formula is C3H3NO2. The van der Waals surface area contributed by atoms with Gasteiger partial charge in [-0.3, -0.25) is 0 Å². The highest BCUT2D eigenvalue weighted by Gasteiger charge is 1.74. The van der Waals surface area contributed by atoms with E-state index in [9.17, 15) is 10.1 Å². The minimum absolute atomic E-state index is 0.681. The molecule has 6 heavy (non-hydrogen) atoms. The van der Waals surface area contributed by atoms with Crippen LogP contribution in [-0.4, -0.2) is 4.92 Å². The van der Waals surface area contributed by atoms with Crippen LogP contribution in [0.25, 0.3) is 0 Å². The second-order valence-corrected chi connectivity index (χ2v) is 0.619. The van der Waals surface area contributed by atoms with Crippen molar-refractivity contribution in [3.63, 3.8) is 0 Å². The van der Waals surface area contributed by atoms with Gasteiger partial charge in [-0.1, -0.05) is 0 Å². The summed E-state index contributed by atoms with van der Waals surface area (Å²) < 4.78 is 0. The summed E-state index contributed by atoms with van der Waals surface area (Å²) in [4.78, 5) is 8.55. The van der Waals surface area contributed by atoms with E-state index in [4.69, 9.17) is 0 Å². The Morgan fingerprint density at radius 1 is 1.83 bits per heavy atom. The molecule has 0 aliphatic rings. The second kappa shape index (κ2) is 2.21. The summed E-state index contributed by atoms with van der Waals surface area (Å²) in [7, 11) is 0. The van der Waals surface area contributed by atoms with Crippen LogP contribution in [0.2, 0.25) is 0 Å². The molecule has 0 rings (SSSR count). The lowest BCUT2D eigenvalue weighted by atomic mass is 10.8. The van der Waals surface area contributed by atoms with E-state index >= 15 is 0 Å². The Labute approximate surface area is 35.1 Å². The van der Waals surface area contributed by atoms with Crippen LogP contribution in [0.15, 0.2) is 0 Å². The molecule has 0 bridgehead atoms. The van der Waals surface area contributed by atoms with Gasteiger partial charge < -0.3 is 0 Å². The third kappa shape index (κ3) is 2.96. The SMILES string of the molecule is CC#C[N+](=O)[O-]. The van der Waals surface area contributed by atoms with Gasteiger partial charge in [-0.05, 0) is 5.92 Å². The highest BCUT2D eigenvalue weighted by atomic mass is 16.6. The van der Waals surface area contributed by atoms with Crippen LogP contribution in [0.4, 0.5) is 0 Å². The van der Waals surface area contributed by atoms with Crippen molar-refractivity contribution in [1.82, 2.24) is 0 Å². The summed E-state index contributed by atoms with van der Waals surface area (Å²) in [6.07, 6.45) is 0. The maximum atomic E-state index is 9.23. The summed E-state index contributed by atoms with van der Waals surface area (Å²) in [5, 5.41) is 9.23. The Kier molecular flexibility index (Phi) is 1.83. The Morgan fingerprint density at radius 2 is 2.33 bits per heavy atom. The van der Waals surface area contributed by atoms with E-state index in [1.165, 1.54) is 6.92 Å². The molecule has 0 unspecified atom stereocenters. The van der Waals surface area contributed by atoms with Gasteiger partial charge in [0.05, 0.1) is 0 Å². The first kappa shape index (κ1) is 4.96. The molecule has 0 aliphatic carbocycles. The number of hydrogen-bond donors (Lipinski definition) is 0. The van der Waals surface area contributed by atoms with Gasteiger partial charge in [-0.15, -0.1) is 0 Å². The predicted octanol–water partition coefficient (Wildman–Crippen LogP) is 0.244. The highest BCUT2D eigenvalue weighted by Crippen LogP contribution is 1.54. The molecule has 0 saturated carbocycles. The normalized spacial score (nSPS) is 5.50. The predicted molar refractivity (Wildman–Crippen MR) is 20.4 cm³/mol. The minimum Gasteiger partial charge on any atom is -0.249 e. The van der Waals surface area contributed by atoms with Crippen LogP contribution in [0.3, 0.4) is 0 Å². The Balaban J connectivity index is 3.50. The smallest absolute Gasteiger partial charge is 0.249 e. The summed E-state index contributed by atoms with van der Waals surface area (Å²) >= 11 is 0. The van der Waals surface area contributed by atoms with Crippen molar-refractivity contribution in [3.05, 3.63) is 10.1 Å². The average Bonchev–Trinajstić information content (AvgIpc) is 1.35. The van der Waals surface area contributed by atoms with Crippen LogP contribution in [-0.2, 0) is 0 Å². The number of rotatable bonds is 0. The molecule has 0 fully saturated rings. The van der Waals surface area contributed by atoms with Gasteiger partial charge in [0.2, 0.25) is 0 Å². The van der Waals surface area contributed by atoms with E-state index in [1.54, 1.807) is 6.04 Å². The molecule has 0 heterocycles. The summed E-state index contributed by atoms with van der Waals surface area (Å²) in [6.45, 7) is 1.42. The second-order valence-electron chi connectivity index (χ2n) is 0.619. The van der Waals surface area contributed by atoms with Crippen molar-refractivity contribution in [3.8, 4) is 12.0 Å². The molecule has 3 heteroatoms.